The molecule has 5 atom stereocenters. The number of piperidine rings is 2. The summed E-state index contributed by atoms with van der Waals surface area (Å²) in [4.78, 5) is 70.9. The maximum absolute atomic E-state index is 14.4. The summed E-state index contributed by atoms with van der Waals surface area (Å²) in [5.74, 6) is 0.355. The van der Waals surface area contributed by atoms with E-state index in [2.05, 4.69) is 49.8 Å². The zero-order chi connectivity index (χ0) is 55.5. The highest BCUT2D eigenvalue weighted by Gasteiger charge is 2.44. The van der Waals surface area contributed by atoms with Crippen LogP contribution in [0.25, 0.3) is 32.7 Å². The van der Waals surface area contributed by atoms with Crippen molar-refractivity contribution >= 4 is 45.9 Å². The number of carbonyl (C=O) groups is 3. The molecule has 3 aliphatic rings. The third-order valence-electron chi connectivity index (χ3n) is 16.5. The monoisotopic (exact) mass is 1090 g/mol. The molecule has 3 fully saturated rings. The largest absolute Gasteiger partial charge is 0.391 e. The number of likely N-dealkylation sites (tertiary alicyclic amines) is 2. The average molecular weight is 1090 g/mol. The molecule has 3 aromatic carbocycles. The summed E-state index contributed by atoms with van der Waals surface area (Å²) < 4.78 is 9.05. The van der Waals surface area contributed by atoms with E-state index in [-0.39, 0.29) is 66.2 Å². The Morgan fingerprint density at radius 3 is 2.28 bits per heavy atom. The predicted molar refractivity (Wildman–Crippen MR) is 304 cm³/mol. The summed E-state index contributed by atoms with van der Waals surface area (Å²) in [6.45, 7) is 14.0. The lowest BCUT2D eigenvalue weighted by atomic mass is 9.90. The first-order valence-electron chi connectivity index (χ1n) is 27.8. The van der Waals surface area contributed by atoms with E-state index in [0.717, 1.165) is 76.6 Å². The fraction of sp³-hybridized carbons (Fsp3) is 0.467. The van der Waals surface area contributed by atoms with Crippen LogP contribution in [0.15, 0.2) is 106 Å². The van der Waals surface area contributed by atoms with Gasteiger partial charge in [0.25, 0.3) is 5.56 Å². The molecule has 10 rings (SSSR count). The van der Waals surface area contributed by atoms with Crippen molar-refractivity contribution in [3.63, 3.8) is 0 Å². The molecular formula is C60H73N11O7S. The Morgan fingerprint density at radius 2 is 1.59 bits per heavy atom. The molecule has 19 heteroatoms. The number of anilines is 1. The Labute approximate surface area is 464 Å². The maximum atomic E-state index is 14.4. The number of amides is 3. The normalized spacial score (nSPS) is 19.0. The third kappa shape index (κ3) is 12.2. The van der Waals surface area contributed by atoms with Gasteiger partial charge < -0.3 is 40.1 Å². The Balaban J connectivity index is 0.684. The van der Waals surface area contributed by atoms with Gasteiger partial charge in [0.15, 0.2) is 17.1 Å². The molecule has 0 saturated carbocycles. The van der Waals surface area contributed by atoms with Gasteiger partial charge in [0.1, 0.15) is 17.5 Å². The minimum Gasteiger partial charge on any atom is -0.391 e. The van der Waals surface area contributed by atoms with Crippen LogP contribution in [-0.4, -0.2) is 124 Å². The first-order valence-corrected chi connectivity index (χ1v) is 28.7. The number of carbonyl (C=O) groups excluding carboxylic acids is 3. The molecular weight excluding hydrogens is 1020 g/mol. The number of benzene rings is 3. The number of aliphatic hydroxyl groups excluding tert-OH is 1. The minimum atomic E-state index is -1.15. The number of nitrogens with zero attached hydrogens (tertiary/aromatic N) is 9. The van der Waals surface area contributed by atoms with Crippen molar-refractivity contribution in [2.45, 2.75) is 122 Å². The van der Waals surface area contributed by atoms with E-state index in [1.54, 1.807) is 23.1 Å². The summed E-state index contributed by atoms with van der Waals surface area (Å²) >= 11 is 1.59. The molecule has 416 valence electrons. The summed E-state index contributed by atoms with van der Waals surface area (Å²) in [7, 11) is 1.81. The van der Waals surface area contributed by atoms with Crippen molar-refractivity contribution < 1.29 is 29.1 Å². The van der Waals surface area contributed by atoms with Gasteiger partial charge in [-0.2, -0.15) is 5.10 Å². The van der Waals surface area contributed by atoms with Crippen LogP contribution in [0.4, 0.5) is 5.82 Å². The minimum absolute atomic E-state index is 0.0634. The second-order valence-electron chi connectivity index (χ2n) is 22.6. The molecule has 18 nitrogen and oxygen atoms in total. The van der Waals surface area contributed by atoms with Crippen LogP contribution < -0.4 is 21.1 Å². The van der Waals surface area contributed by atoms with Crippen molar-refractivity contribution in [2.24, 2.45) is 18.9 Å². The highest BCUT2D eigenvalue weighted by atomic mass is 32.1. The molecule has 4 N–H and O–H groups in total. The van der Waals surface area contributed by atoms with Crippen molar-refractivity contribution in [2.75, 3.05) is 44.2 Å². The van der Waals surface area contributed by atoms with Crippen LogP contribution in [0.1, 0.15) is 112 Å². The van der Waals surface area contributed by atoms with Crippen molar-refractivity contribution in [3.8, 4) is 21.7 Å². The van der Waals surface area contributed by atoms with Gasteiger partial charge in [-0.1, -0.05) is 105 Å². The zero-order valence-corrected chi connectivity index (χ0v) is 46.9. The van der Waals surface area contributed by atoms with Crippen LogP contribution in [0.5, 0.6) is 0 Å². The fourth-order valence-corrected chi connectivity index (χ4v) is 12.5. The van der Waals surface area contributed by atoms with Crippen molar-refractivity contribution in [3.05, 3.63) is 135 Å². The van der Waals surface area contributed by atoms with E-state index in [1.165, 1.54) is 15.8 Å². The molecule has 0 radical (unpaired) electrons. The molecule has 0 bridgehead atoms. The third-order valence-corrected chi connectivity index (χ3v) is 17.5. The molecule has 79 heavy (non-hydrogen) atoms. The van der Waals surface area contributed by atoms with Gasteiger partial charge in [0.2, 0.25) is 17.7 Å². The van der Waals surface area contributed by atoms with Gasteiger partial charge in [-0.15, -0.1) is 11.3 Å². The number of hydrogen-bond acceptors (Lipinski definition) is 14. The van der Waals surface area contributed by atoms with E-state index in [4.69, 9.17) is 9.51 Å². The van der Waals surface area contributed by atoms with E-state index < -0.39 is 23.7 Å². The SMILES string of the molecule is Cc1ncsc1-c1ccc([C@H](C)NC(=O)[C@@H]2C[C@@H](O)CN2C(=O)[C@@H](c2cc(N3CCC(CNCc4ccc(-c5c6ncn(CC7(O)CCN(C(=O)C[C@@H](C)c8ccccc8)CC7)c(=O)c6nn5C)cc4)CC3)no2)C(C)C)cc1. The number of fused-ring (bicyclic) bond motifs is 1. The fourth-order valence-electron chi connectivity index (χ4n) is 11.7. The van der Waals surface area contributed by atoms with E-state index in [1.807, 2.05) is 111 Å². The average Bonchev–Trinajstić information content (AvgIpc) is 4.40. The number of β-amino-alcohol motifs (C(OH)–C–C–N with tert-alkyl or cyclic N) is 1. The Kier molecular flexibility index (Phi) is 16.6. The second kappa shape index (κ2) is 23.7. The van der Waals surface area contributed by atoms with Gasteiger partial charge in [-0.05, 0) is 86.1 Å². The van der Waals surface area contributed by atoms with Crippen LogP contribution in [0.3, 0.4) is 0 Å². The summed E-state index contributed by atoms with van der Waals surface area (Å²) in [6, 6.07) is 27.0. The Hall–Kier alpha value is -7.06. The first kappa shape index (κ1) is 55.3. The van der Waals surface area contributed by atoms with E-state index in [9.17, 15) is 29.4 Å². The Morgan fingerprint density at radius 1 is 0.886 bits per heavy atom. The van der Waals surface area contributed by atoms with Crippen LogP contribution >= 0.6 is 11.3 Å². The van der Waals surface area contributed by atoms with E-state index >= 15 is 0 Å². The van der Waals surface area contributed by atoms with Crippen molar-refractivity contribution in [1.29, 1.82) is 0 Å². The number of rotatable bonds is 18. The molecule has 0 spiro atoms. The highest BCUT2D eigenvalue weighted by Crippen LogP contribution is 2.35. The topological polar surface area (TPSA) is 217 Å². The number of aliphatic hydroxyl groups is 2. The standard InChI is InChI=1S/C60H73N11O7S/c1-37(2)52(58(75)71-33-47(72)29-48(71)57(74)64-39(4)44-16-18-46(19-17-44)56-40(5)63-36-79-56)49-30-50(66-78-49)68-24-20-42(21-25-68)32-61-31-41-12-14-45(15-13-41)55-53-54(65-67(55)6)59(76)70(35-62-53)34-60(77)22-26-69(27-23-60)51(73)28-38(3)43-10-8-7-9-11-43/h7-19,30,35-39,42,47-48,52,61,72,77H,20-29,31-34H2,1-6H3,(H,64,74)/t38-,39+,47-,48+,52-/m1/s1. The maximum Gasteiger partial charge on any atom is 0.281 e. The summed E-state index contributed by atoms with van der Waals surface area (Å²) in [5.41, 5.74) is 7.95. The highest BCUT2D eigenvalue weighted by molar-refractivity contribution is 7.13. The van der Waals surface area contributed by atoms with Gasteiger partial charge in [-0.25, -0.2) is 9.97 Å². The number of aromatic nitrogens is 6. The Bertz CT molecular complexity index is 3300. The number of hydrogen-bond donors (Lipinski definition) is 4. The number of thiazole rings is 1. The lowest BCUT2D eigenvalue weighted by molar-refractivity contribution is -0.141. The van der Waals surface area contributed by atoms with Gasteiger partial charge in [0, 0.05) is 70.8 Å². The lowest BCUT2D eigenvalue weighted by Crippen LogP contribution is -2.49. The second-order valence-corrected chi connectivity index (χ2v) is 23.4. The van der Waals surface area contributed by atoms with Gasteiger partial charge in [-0.3, -0.25) is 28.4 Å². The molecule has 0 unspecified atom stereocenters. The number of aryl methyl sites for hydroxylation is 2. The summed E-state index contributed by atoms with van der Waals surface area (Å²) in [5, 5.41) is 38.2. The van der Waals surface area contributed by atoms with E-state index in [0.29, 0.717) is 61.9 Å². The molecule has 3 amide bonds. The summed E-state index contributed by atoms with van der Waals surface area (Å²) in [6.07, 6.45) is 3.86. The van der Waals surface area contributed by atoms with Crippen molar-refractivity contribution in [1.82, 2.24) is 49.9 Å². The van der Waals surface area contributed by atoms with Crippen LogP contribution in [0.2, 0.25) is 0 Å². The first-order chi connectivity index (χ1) is 38.0. The molecule has 7 heterocycles. The van der Waals surface area contributed by atoms with Crippen LogP contribution in [-0.2, 0) is 34.5 Å². The quantitative estimate of drug-likeness (QED) is 0.0662. The molecule has 3 saturated heterocycles. The van der Waals surface area contributed by atoms with Crippen LogP contribution in [0, 0.1) is 18.8 Å². The van der Waals surface area contributed by atoms with Gasteiger partial charge in [0.05, 0.1) is 52.4 Å². The molecule has 3 aliphatic heterocycles. The lowest BCUT2D eigenvalue weighted by Gasteiger charge is -2.38. The van der Waals surface area contributed by atoms with Gasteiger partial charge >= 0.3 is 0 Å². The smallest absolute Gasteiger partial charge is 0.281 e. The molecule has 7 aromatic rings. The predicted octanol–water partition coefficient (Wildman–Crippen LogP) is 7.35. The molecule has 4 aromatic heterocycles. The number of nitrogens with one attached hydrogen (secondary N) is 2. The molecule has 0 aliphatic carbocycles. The zero-order valence-electron chi connectivity index (χ0n) is 46.0.